The molecule has 4 rings (SSSR count). The average molecular weight is 268 g/mol. The summed E-state index contributed by atoms with van der Waals surface area (Å²) in [6.07, 6.45) is -2.94. The Morgan fingerprint density at radius 3 is 2.68 bits per heavy atom. The lowest BCUT2D eigenvalue weighted by Gasteiger charge is -2.30. The molecule has 2 saturated heterocycles. The first-order valence-corrected chi connectivity index (χ1v) is 6.60. The van der Waals surface area contributed by atoms with Crippen LogP contribution >= 0.6 is 0 Å². The maximum absolute atomic E-state index is 11.7. The van der Waals surface area contributed by atoms with Gasteiger partial charge in [0.25, 0.3) is 0 Å². The molecule has 0 amide bonds. The zero-order valence-electron chi connectivity index (χ0n) is 10.2. The molecule has 2 aliphatic carbocycles. The van der Waals surface area contributed by atoms with Crippen molar-refractivity contribution in [1.82, 2.24) is 0 Å². The molecule has 104 valence electrons. The molecule has 2 saturated carbocycles. The highest BCUT2D eigenvalue weighted by Crippen LogP contribution is 2.61. The third-order valence-corrected chi connectivity index (χ3v) is 5.24. The van der Waals surface area contributed by atoms with E-state index in [9.17, 15) is 20.1 Å². The summed E-state index contributed by atoms with van der Waals surface area (Å²) < 4.78 is 10.8. The Morgan fingerprint density at radius 1 is 1.21 bits per heavy atom. The zero-order chi connectivity index (χ0) is 13.5. The first-order chi connectivity index (χ1) is 8.98. The van der Waals surface area contributed by atoms with Gasteiger partial charge in [0.1, 0.15) is 23.9 Å². The second kappa shape index (κ2) is 3.38. The minimum absolute atomic E-state index is 0.212. The minimum atomic E-state index is -1.04. The fraction of sp³-hybridized carbons (Fsp3) is 0.769. The standard InChI is InChI=1S/C13H16O6/c1-4-5-2-3-6(14)13-7(10(5)18-12(4)17)8(15)9(16)11(13)19-13/h5-11,14-16H,1-3H2/t5-,6+,7+,8-,9+,10-,11+,13-/m0/s1. The Kier molecular flexibility index (Phi) is 2.11. The van der Waals surface area contributed by atoms with E-state index in [0.29, 0.717) is 18.4 Å². The molecule has 2 aliphatic heterocycles. The van der Waals surface area contributed by atoms with Crippen molar-refractivity contribution in [2.45, 2.75) is 49.0 Å². The summed E-state index contributed by atoms with van der Waals surface area (Å²) >= 11 is 0. The third-order valence-electron chi connectivity index (χ3n) is 5.24. The quantitative estimate of drug-likeness (QED) is 0.288. The Bertz CT molecular complexity index is 476. The molecule has 0 radical (unpaired) electrons. The number of rotatable bonds is 0. The Hall–Kier alpha value is -0.950. The lowest BCUT2D eigenvalue weighted by atomic mass is 9.81. The van der Waals surface area contributed by atoms with Crippen molar-refractivity contribution in [2.24, 2.45) is 11.8 Å². The maximum Gasteiger partial charge on any atom is 0.334 e. The molecule has 6 nitrogen and oxygen atoms in total. The van der Waals surface area contributed by atoms with Crippen molar-refractivity contribution < 1.29 is 29.6 Å². The van der Waals surface area contributed by atoms with E-state index in [1.54, 1.807) is 0 Å². The van der Waals surface area contributed by atoms with Gasteiger partial charge in [-0.1, -0.05) is 6.58 Å². The summed E-state index contributed by atoms with van der Waals surface area (Å²) in [4.78, 5) is 11.7. The molecule has 3 N–H and O–H groups in total. The van der Waals surface area contributed by atoms with E-state index in [4.69, 9.17) is 9.47 Å². The van der Waals surface area contributed by atoms with Crippen LogP contribution in [0.5, 0.6) is 0 Å². The van der Waals surface area contributed by atoms with E-state index in [1.807, 2.05) is 0 Å². The Labute approximate surface area is 109 Å². The summed E-state index contributed by atoms with van der Waals surface area (Å²) in [5, 5.41) is 30.4. The van der Waals surface area contributed by atoms with Crippen LogP contribution in [-0.4, -0.2) is 57.4 Å². The summed E-state index contributed by atoms with van der Waals surface area (Å²) in [5.74, 6) is -1.25. The molecule has 0 bridgehead atoms. The second-order valence-electron chi connectivity index (χ2n) is 5.99. The summed E-state index contributed by atoms with van der Waals surface area (Å²) in [7, 11) is 0. The Morgan fingerprint density at radius 2 is 1.95 bits per heavy atom. The summed E-state index contributed by atoms with van der Waals surface area (Å²) in [6, 6.07) is 0. The molecule has 2 heterocycles. The van der Waals surface area contributed by atoms with Crippen molar-refractivity contribution >= 4 is 5.97 Å². The van der Waals surface area contributed by atoms with E-state index < -0.39 is 48.0 Å². The first kappa shape index (κ1) is 11.8. The van der Waals surface area contributed by atoms with E-state index in [2.05, 4.69) is 6.58 Å². The maximum atomic E-state index is 11.7. The molecular weight excluding hydrogens is 252 g/mol. The van der Waals surface area contributed by atoms with E-state index in [0.717, 1.165) is 0 Å². The predicted molar refractivity (Wildman–Crippen MR) is 60.9 cm³/mol. The molecule has 8 atom stereocenters. The van der Waals surface area contributed by atoms with Crippen LogP contribution in [0, 0.1) is 11.8 Å². The van der Waals surface area contributed by atoms with E-state index >= 15 is 0 Å². The normalized spacial score (nSPS) is 59.0. The van der Waals surface area contributed by atoms with Gasteiger partial charge in [-0.05, 0) is 12.8 Å². The average Bonchev–Trinajstić information content (AvgIpc) is 3.02. The van der Waals surface area contributed by atoms with E-state index in [-0.39, 0.29) is 5.92 Å². The van der Waals surface area contributed by atoms with Gasteiger partial charge < -0.3 is 24.8 Å². The van der Waals surface area contributed by atoms with Crippen molar-refractivity contribution in [3.8, 4) is 0 Å². The van der Waals surface area contributed by atoms with Crippen LogP contribution in [0.4, 0.5) is 0 Å². The molecular formula is C13H16O6. The van der Waals surface area contributed by atoms with Gasteiger partial charge in [-0.15, -0.1) is 0 Å². The molecule has 0 aromatic rings. The SMILES string of the molecule is C=C1C(=O)O[C@@H]2[C@H]3[C@H](O)[C@@H](O)[C@H]4O[C@@]34[C@H](O)CC[C@@H]12. The van der Waals surface area contributed by atoms with Crippen molar-refractivity contribution in [2.75, 3.05) is 0 Å². The summed E-state index contributed by atoms with van der Waals surface area (Å²) in [6.45, 7) is 3.74. The number of carbonyl (C=O) groups excluding carboxylic acids is 1. The lowest BCUT2D eigenvalue weighted by molar-refractivity contribution is -0.150. The van der Waals surface area contributed by atoms with Gasteiger partial charge in [-0.3, -0.25) is 0 Å². The topological polar surface area (TPSA) is 99.5 Å². The fourth-order valence-electron chi connectivity index (χ4n) is 4.25. The number of fused-ring (bicyclic) bond motifs is 2. The fourth-order valence-corrected chi connectivity index (χ4v) is 4.25. The largest absolute Gasteiger partial charge is 0.458 e. The first-order valence-electron chi connectivity index (χ1n) is 6.60. The molecule has 4 aliphatic rings. The minimum Gasteiger partial charge on any atom is -0.458 e. The van der Waals surface area contributed by atoms with E-state index in [1.165, 1.54) is 0 Å². The molecule has 6 heteroatoms. The molecule has 0 unspecified atom stereocenters. The number of epoxide rings is 1. The summed E-state index contributed by atoms with van der Waals surface area (Å²) in [5.41, 5.74) is -0.566. The highest BCUT2D eigenvalue weighted by atomic mass is 16.6. The van der Waals surface area contributed by atoms with Gasteiger partial charge in [-0.2, -0.15) is 0 Å². The van der Waals surface area contributed by atoms with Crippen LogP contribution in [-0.2, 0) is 14.3 Å². The van der Waals surface area contributed by atoms with Crippen LogP contribution in [0.15, 0.2) is 12.2 Å². The monoisotopic (exact) mass is 268 g/mol. The number of ether oxygens (including phenoxy) is 2. The van der Waals surface area contributed by atoms with Crippen LogP contribution in [0.25, 0.3) is 0 Å². The number of carbonyl (C=O) groups is 1. The molecule has 0 aromatic carbocycles. The molecule has 0 aromatic heterocycles. The molecule has 19 heavy (non-hydrogen) atoms. The van der Waals surface area contributed by atoms with Crippen molar-refractivity contribution in [3.63, 3.8) is 0 Å². The number of hydrogen-bond donors (Lipinski definition) is 3. The van der Waals surface area contributed by atoms with Gasteiger partial charge in [0.2, 0.25) is 0 Å². The molecule has 4 fully saturated rings. The Balaban J connectivity index is 1.79. The van der Waals surface area contributed by atoms with Gasteiger partial charge in [-0.25, -0.2) is 4.79 Å². The van der Waals surface area contributed by atoms with Crippen LogP contribution in [0.2, 0.25) is 0 Å². The zero-order valence-corrected chi connectivity index (χ0v) is 10.2. The van der Waals surface area contributed by atoms with Gasteiger partial charge in [0.15, 0.2) is 0 Å². The highest BCUT2D eigenvalue weighted by molar-refractivity contribution is 5.90. The predicted octanol–water partition coefficient (Wildman–Crippen LogP) is -1.27. The smallest absolute Gasteiger partial charge is 0.334 e. The van der Waals surface area contributed by atoms with Crippen molar-refractivity contribution in [3.05, 3.63) is 12.2 Å². The van der Waals surface area contributed by atoms with Crippen LogP contribution in [0.3, 0.4) is 0 Å². The third kappa shape index (κ3) is 1.19. The second-order valence-corrected chi connectivity index (χ2v) is 5.99. The number of aliphatic hydroxyl groups is 3. The van der Waals surface area contributed by atoms with Crippen LogP contribution < -0.4 is 0 Å². The number of hydrogen-bond acceptors (Lipinski definition) is 6. The van der Waals surface area contributed by atoms with Crippen LogP contribution in [0.1, 0.15) is 12.8 Å². The number of esters is 1. The molecule has 1 spiro atoms. The van der Waals surface area contributed by atoms with Crippen molar-refractivity contribution in [1.29, 1.82) is 0 Å². The van der Waals surface area contributed by atoms with Gasteiger partial charge >= 0.3 is 5.97 Å². The lowest BCUT2D eigenvalue weighted by Crippen LogP contribution is -2.46. The highest BCUT2D eigenvalue weighted by Gasteiger charge is 2.79. The number of aliphatic hydroxyl groups excluding tert-OH is 3. The van der Waals surface area contributed by atoms with Gasteiger partial charge in [0, 0.05) is 11.5 Å². The van der Waals surface area contributed by atoms with Gasteiger partial charge in [0.05, 0.1) is 18.1 Å².